The van der Waals surface area contributed by atoms with E-state index >= 15 is 0 Å². The molecule has 1 unspecified atom stereocenters. The summed E-state index contributed by atoms with van der Waals surface area (Å²) in [6.45, 7) is 2.26. The Morgan fingerprint density at radius 1 is 1.17 bits per heavy atom. The molecular formula is C24H28N2O3S. The third-order valence-corrected chi connectivity index (χ3v) is 7.04. The minimum atomic E-state index is -0.143. The second-order valence-electron chi connectivity index (χ2n) is 7.96. The zero-order chi connectivity index (χ0) is 21.1. The van der Waals surface area contributed by atoms with E-state index in [2.05, 4.69) is 12.2 Å². The van der Waals surface area contributed by atoms with E-state index in [-0.39, 0.29) is 23.2 Å². The normalized spacial score (nSPS) is 25.5. The van der Waals surface area contributed by atoms with Gasteiger partial charge in [-0.3, -0.25) is 4.79 Å². The van der Waals surface area contributed by atoms with Crippen molar-refractivity contribution in [1.82, 2.24) is 4.90 Å². The molecule has 30 heavy (non-hydrogen) atoms. The van der Waals surface area contributed by atoms with Gasteiger partial charge in [0.25, 0.3) is 5.91 Å². The van der Waals surface area contributed by atoms with Crippen LogP contribution in [0.15, 0.2) is 53.4 Å². The SMILES string of the molecule is COc1cc(/C=C2\SC(Nc3ccccc3)N([C@@H]3CCCC[C@H]3C)C2=O)ccc1O. The quantitative estimate of drug-likeness (QED) is 0.639. The number of rotatable bonds is 5. The lowest BCUT2D eigenvalue weighted by Crippen LogP contribution is -2.48. The fraction of sp³-hybridized carbons (Fsp3) is 0.375. The number of carbonyl (C=O) groups is 1. The lowest BCUT2D eigenvalue weighted by atomic mass is 9.85. The molecule has 158 valence electrons. The first-order chi connectivity index (χ1) is 14.6. The van der Waals surface area contributed by atoms with Gasteiger partial charge in [-0.15, -0.1) is 0 Å². The van der Waals surface area contributed by atoms with Crippen molar-refractivity contribution in [3.63, 3.8) is 0 Å². The maximum absolute atomic E-state index is 13.5. The van der Waals surface area contributed by atoms with Crippen LogP contribution in [0.5, 0.6) is 11.5 Å². The number of phenolic OH excluding ortho intramolecular Hbond substituents is 1. The van der Waals surface area contributed by atoms with Crippen LogP contribution in [0.2, 0.25) is 0 Å². The number of thioether (sulfide) groups is 1. The first kappa shape index (κ1) is 20.7. The van der Waals surface area contributed by atoms with E-state index in [4.69, 9.17) is 4.74 Å². The Hall–Kier alpha value is -2.60. The number of carbonyl (C=O) groups excluding carboxylic acids is 1. The molecule has 4 rings (SSSR count). The predicted molar refractivity (Wildman–Crippen MR) is 122 cm³/mol. The summed E-state index contributed by atoms with van der Waals surface area (Å²) in [5, 5.41) is 13.4. The second kappa shape index (κ2) is 9.04. The van der Waals surface area contributed by atoms with Gasteiger partial charge in [0.15, 0.2) is 17.0 Å². The van der Waals surface area contributed by atoms with E-state index in [0.717, 1.165) is 30.5 Å². The average Bonchev–Trinajstić information content (AvgIpc) is 3.05. The van der Waals surface area contributed by atoms with Gasteiger partial charge in [0.05, 0.1) is 12.0 Å². The van der Waals surface area contributed by atoms with Gasteiger partial charge < -0.3 is 20.1 Å². The smallest absolute Gasteiger partial charge is 0.262 e. The maximum Gasteiger partial charge on any atom is 0.262 e. The van der Waals surface area contributed by atoms with Crippen LogP contribution in [-0.4, -0.2) is 34.6 Å². The molecular weight excluding hydrogens is 396 g/mol. The number of benzene rings is 2. The minimum absolute atomic E-state index is 0.0687. The van der Waals surface area contributed by atoms with Gasteiger partial charge in [-0.25, -0.2) is 0 Å². The van der Waals surface area contributed by atoms with E-state index in [1.54, 1.807) is 30.0 Å². The Bertz CT molecular complexity index is 931. The van der Waals surface area contributed by atoms with Gasteiger partial charge in [0, 0.05) is 11.7 Å². The molecule has 2 aliphatic rings. The van der Waals surface area contributed by atoms with Crippen LogP contribution in [0.4, 0.5) is 5.69 Å². The molecule has 1 heterocycles. The number of amides is 1. The number of nitrogens with one attached hydrogen (secondary N) is 1. The van der Waals surface area contributed by atoms with Gasteiger partial charge in [-0.2, -0.15) is 0 Å². The lowest BCUT2D eigenvalue weighted by molar-refractivity contribution is -0.129. The topological polar surface area (TPSA) is 61.8 Å². The first-order valence-corrected chi connectivity index (χ1v) is 11.3. The van der Waals surface area contributed by atoms with Gasteiger partial charge in [0.1, 0.15) is 0 Å². The number of hydrogen-bond donors (Lipinski definition) is 2. The maximum atomic E-state index is 13.5. The van der Waals surface area contributed by atoms with Crippen molar-refractivity contribution in [2.75, 3.05) is 12.4 Å². The highest BCUT2D eigenvalue weighted by molar-refractivity contribution is 8.05. The van der Waals surface area contributed by atoms with Crippen molar-refractivity contribution in [3.8, 4) is 11.5 Å². The van der Waals surface area contributed by atoms with Crippen molar-refractivity contribution >= 4 is 29.4 Å². The Morgan fingerprint density at radius 2 is 1.93 bits per heavy atom. The number of ether oxygens (including phenoxy) is 1. The van der Waals surface area contributed by atoms with Gasteiger partial charge in [0.2, 0.25) is 0 Å². The number of nitrogens with zero attached hydrogens (tertiary/aromatic N) is 1. The van der Waals surface area contributed by atoms with Crippen molar-refractivity contribution in [3.05, 3.63) is 59.0 Å². The molecule has 0 radical (unpaired) electrons. The molecule has 0 spiro atoms. The number of aromatic hydroxyl groups is 1. The molecule has 0 bridgehead atoms. The summed E-state index contributed by atoms with van der Waals surface area (Å²) in [4.78, 5) is 16.2. The number of phenols is 1. The number of hydrogen-bond acceptors (Lipinski definition) is 5. The summed E-state index contributed by atoms with van der Waals surface area (Å²) in [5.74, 6) is 1.04. The molecule has 1 aliphatic heterocycles. The molecule has 1 saturated heterocycles. The molecule has 1 aliphatic carbocycles. The zero-order valence-corrected chi connectivity index (χ0v) is 18.2. The number of para-hydroxylation sites is 1. The number of anilines is 1. The summed E-state index contributed by atoms with van der Waals surface area (Å²) in [6, 6.07) is 15.4. The summed E-state index contributed by atoms with van der Waals surface area (Å²) in [7, 11) is 1.52. The summed E-state index contributed by atoms with van der Waals surface area (Å²) < 4.78 is 5.21. The first-order valence-electron chi connectivity index (χ1n) is 10.5. The van der Waals surface area contributed by atoms with Crippen molar-refractivity contribution in [2.45, 2.75) is 44.1 Å². The summed E-state index contributed by atoms with van der Waals surface area (Å²) >= 11 is 1.55. The molecule has 0 aromatic heterocycles. The molecule has 5 nitrogen and oxygen atoms in total. The Morgan fingerprint density at radius 3 is 2.67 bits per heavy atom. The minimum Gasteiger partial charge on any atom is -0.504 e. The van der Waals surface area contributed by atoms with Crippen LogP contribution < -0.4 is 10.1 Å². The fourth-order valence-electron chi connectivity index (χ4n) is 4.30. The molecule has 3 atom stereocenters. The Labute approximate surface area is 182 Å². The molecule has 2 aromatic rings. The monoisotopic (exact) mass is 424 g/mol. The average molecular weight is 425 g/mol. The van der Waals surface area contributed by atoms with Crippen LogP contribution in [-0.2, 0) is 4.79 Å². The highest BCUT2D eigenvalue weighted by Gasteiger charge is 2.42. The van der Waals surface area contributed by atoms with Crippen LogP contribution in [0, 0.1) is 5.92 Å². The molecule has 2 N–H and O–H groups in total. The lowest BCUT2D eigenvalue weighted by Gasteiger charge is -2.39. The highest BCUT2D eigenvalue weighted by atomic mass is 32.2. The van der Waals surface area contributed by atoms with Crippen LogP contribution in [0.1, 0.15) is 38.2 Å². The summed E-state index contributed by atoms with van der Waals surface area (Å²) in [5.41, 5.74) is 1.69. The van der Waals surface area contributed by atoms with Gasteiger partial charge >= 0.3 is 0 Å². The molecule has 2 aromatic carbocycles. The van der Waals surface area contributed by atoms with Crippen LogP contribution in [0.3, 0.4) is 0 Å². The van der Waals surface area contributed by atoms with E-state index in [1.807, 2.05) is 41.3 Å². The van der Waals surface area contributed by atoms with Crippen molar-refractivity contribution in [2.24, 2.45) is 5.92 Å². The van der Waals surface area contributed by atoms with Crippen LogP contribution in [0.25, 0.3) is 6.08 Å². The second-order valence-corrected chi connectivity index (χ2v) is 9.08. The van der Waals surface area contributed by atoms with Crippen molar-refractivity contribution in [1.29, 1.82) is 0 Å². The van der Waals surface area contributed by atoms with E-state index < -0.39 is 0 Å². The molecule has 1 amide bonds. The molecule has 1 saturated carbocycles. The van der Waals surface area contributed by atoms with E-state index in [9.17, 15) is 9.90 Å². The van der Waals surface area contributed by atoms with Gasteiger partial charge in [-0.05, 0) is 54.7 Å². The fourth-order valence-corrected chi connectivity index (χ4v) is 5.51. The molecule has 6 heteroatoms. The van der Waals surface area contributed by atoms with Crippen molar-refractivity contribution < 1.29 is 14.6 Å². The van der Waals surface area contributed by atoms with Gasteiger partial charge in [-0.1, -0.05) is 55.8 Å². The Balaban J connectivity index is 1.65. The largest absolute Gasteiger partial charge is 0.504 e. The van der Waals surface area contributed by atoms with Crippen LogP contribution >= 0.6 is 11.8 Å². The number of methoxy groups -OCH3 is 1. The standard InChI is InChI=1S/C24H28N2O3S/c1-16-8-6-7-11-19(16)26-23(28)22(15-17-12-13-20(27)21(14-17)29-2)30-24(26)25-18-9-4-3-5-10-18/h3-5,9-10,12-16,19,24-25,27H,6-8,11H2,1-2H3/b22-15-/t16-,19-,24?/m1/s1. The highest BCUT2D eigenvalue weighted by Crippen LogP contribution is 2.42. The third kappa shape index (κ3) is 4.29. The summed E-state index contributed by atoms with van der Waals surface area (Å²) in [6.07, 6.45) is 6.49. The van der Waals surface area contributed by atoms with E-state index in [0.29, 0.717) is 16.6 Å². The zero-order valence-electron chi connectivity index (χ0n) is 17.4. The third-order valence-electron chi connectivity index (χ3n) is 5.93. The predicted octanol–water partition coefficient (Wildman–Crippen LogP) is 5.29. The molecule has 2 fully saturated rings. The van der Waals surface area contributed by atoms with E-state index in [1.165, 1.54) is 13.5 Å². The Kier molecular flexibility index (Phi) is 6.23.